The normalized spacial score (nSPS) is 17.5. The van der Waals surface area contributed by atoms with Crippen LogP contribution < -0.4 is 4.90 Å². The number of amides is 1. The van der Waals surface area contributed by atoms with Crippen molar-refractivity contribution in [2.45, 2.75) is 32.4 Å². The topological polar surface area (TPSA) is 59.5 Å². The molecule has 0 radical (unpaired) electrons. The maximum Gasteiger partial charge on any atom is 0.339 e. The summed E-state index contributed by atoms with van der Waals surface area (Å²) >= 11 is 0. The Hall–Kier alpha value is -2.69. The van der Waals surface area contributed by atoms with Crippen LogP contribution >= 0.6 is 0 Å². The largest absolute Gasteiger partial charge is 0.449 e. The van der Waals surface area contributed by atoms with Crippen LogP contribution in [0, 0.1) is 0 Å². The molecule has 0 saturated carbocycles. The number of anilines is 1. The predicted octanol–water partition coefficient (Wildman–Crippen LogP) is 2.60. The van der Waals surface area contributed by atoms with Gasteiger partial charge in [-0.15, -0.1) is 0 Å². The first-order chi connectivity index (χ1) is 11.1. The van der Waals surface area contributed by atoms with Crippen molar-refractivity contribution in [1.82, 2.24) is 4.98 Å². The molecular weight excluding hydrogens is 292 g/mol. The first-order valence-corrected chi connectivity index (χ1v) is 7.60. The van der Waals surface area contributed by atoms with Crippen LogP contribution in [0.2, 0.25) is 0 Å². The molecule has 2 aromatic rings. The Balaban J connectivity index is 1.74. The number of carbonyl (C=O) groups excluding carboxylic acids is 2. The summed E-state index contributed by atoms with van der Waals surface area (Å²) in [6.07, 6.45) is 3.00. The van der Waals surface area contributed by atoms with Crippen molar-refractivity contribution in [1.29, 1.82) is 0 Å². The minimum absolute atomic E-state index is 0.0574. The lowest BCUT2D eigenvalue weighted by molar-refractivity contribution is -0.126. The second kappa shape index (κ2) is 6.20. The molecule has 2 heterocycles. The van der Waals surface area contributed by atoms with Crippen molar-refractivity contribution < 1.29 is 14.3 Å². The van der Waals surface area contributed by atoms with Crippen LogP contribution in [0.3, 0.4) is 0 Å². The zero-order valence-electron chi connectivity index (χ0n) is 13.1. The Morgan fingerprint density at radius 3 is 2.65 bits per heavy atom. The van der Waals surface area contributed by atoms with Gasteiger partial charge in [-0.3, -0.25) is 9.78 Å². The maximum absolute atomic E-state index is 12.7. The van der Waals surface area contributed by atoms with Gasteiger partial charge in [-0.05, 0) is 44.0 Å². The molecule has 1 aromatic carbocycles. The molecule has 5 nitrogen and oxygen atoms in total. The maximum atomic E-state index is 12.7. The third kappa shape index (κ3) is 2.95. The summed E-state index contributed by atoms with van der Waals surface area (Å²) in [6, 6.07) is 11.0. The first kappa shape index (κ1) is 15.2. The highest BCUT2D eigenvalue weighted by atomic mass is 16.5. The summed E-state index contributed by atoms with van der Waals surface area (Å²) < 4.78 is 5.32. The predicted molar refractivity (Wildman–Crippen MR) is 86.2 cm³/mol. The van der Waals surface area contributed by atoms with Gasteiger partial charge < -0.3 is 9.64 Å². The van der Waals surface area contributed by atoms with E-state index in [4.69, 9.17) is 4.74 Å². The monoisotopic (exact) mass is 310 g/mol. The lowest BCUT2D eigenvalue weighted by atomic mass is 10.1. The van der Waals surface area contributed by atoms with E-state index in [1.807, 2.05) is 31.2 Å². The van der Waals surface area contributed by atoms with Crippen LogP contribution in [-0.2, 0) is 16.0 Å². The number of hydrogen-bond donors (Lipinski definition) is 0. The molecule has 0 saturated heterocycles. The SMILES string of the molecule is C[C@H](OC(=O)c1ccncc1)C(=O)N1c2ccccc2C[C@H]1C. The van der Waals surface area contributed by atoms with Crippen molar-refractivity contribution >= 4 is 17.6 Å². The smallest absolute Gasteiger partial charge is 0.339 e. The van der Waals surface area contributed by atoms with Gasteiger partial charge in [0.2, 0.25) is 0 Å². The molecule has 1 aliphatic rings. The van der Waals surface area contributed by atoms with Crippen molar-refractivity contribution in [3.8, 4) is 0 Å². The second-order valence-electron chi connectivity index (χ2n) is 5.67. The fraction of sp³-hybridized carbons (Fsp3) is 0.278. The van der Waals surface area contributed by atoms with E-state index >= 15 is 0 Å². The highest BCUT2D eigenvalue weighted by Gasteiger charge is 2.34. The lowest BCUT2D eigenvalue weighted by Crippen LogP contribution is -2.43. The Bertz CT molecular complexity index is 730. The molecule has 0 unspecified atom stereocenters. The molecule has 0 bridgehead atoms. The average Bonchev–Trinajstić information content (AvgIpc) is 2.90. The van der Waals surface area contributed by atoms with Crippen molar-refractivity contribution in [2.24, 2.45) is 0 Å². The van der Waals surface area contributed by atoms with Crippen LogP contribution in [0.15, 0.2) is 48.8 Å². The van der Waals surface area contributed by atoms with Crippen molar-refractivity contribution in [2.75, 3.05) is 4.90 Å². The summed E-state index contributed by atoms with van der Waals surface area (Å²) in [4.78, 5) is 30.4. The van der Waals surface area contributed by atoms with Gasteiger partial charge in [0.25, 0.3) is 5.91 Å². The molecule has 2 atom stereocenters. The number of hydrogen-bond acceptors (Lipinski definition) is 4. The number of carbonyl (C=O) groups is 2. The number of fused-ring (bicyclic) bond motifs is 1. The summed E-state index contributed by atoms with van der Waals surface area (Å²) in [5.74, 6) is -0.724. The average molecular weight is 310 g/mol. The fourth-order valence-corrected chi connectivity index (χ4v) is 2.86. The number of rotatable bonds is 3. The minimum atomic E-state index is -0.843. The Labute approximate surface area is 134 Å². The van der Waals surface area contributed by atoms with Gasteiger partial charge in [0.1, 0.15) is 0 Å². The number of pyridine rings is 1. The molecule has 5 heteroatoms. The number of benzene rings is 1. The Morgan fingerprint density at radius 1 is 1.22 bits per heavy atom. The molecule has 0 spiro atoms. The van der Waals surface area contributed by atoms with E-state index in [2.05, 4.69) is 4.98 Å². The molecule has 1 aromatic heterocycles. The number of nitrogens with zero attached hydrogens (tertiary/aromatic N) is 2. The number of aromatic nitrogens is 1. The number of ether oxygens (including phenoxy) is 1. The number of esters is 1. The van der Waals surface area contributed by atoms with E-state index < -0.39 is 12.1 Å². The molecule has 118 valence electrons. The molecule has 23 heavy (non-hydrogen) atoms. The molecule has 0 aliphatic carbocycles. The van der Waals surface area contributed by atoms with E-state index in [0.29, 0.717) is 5.56 Å². The van der Waals surface area contributed by atoms with Crippen LogP contribution in [0.5, 0.6) is 0 Å². The summed E-state index contributed by atoms with van der Waals surface area (Å²) in [5.41, 5.74) is 2.42. The van der Waals surface area contributed by atoms with Gasteiger partial charge >= 0.3 is 5.97 Å². The van der Waals surface area contributed by atoms with E-state index in [1.165, 1.54) is 12.4 Å². The Morgan fingerprint density at radius 2 is 1.91 bits per heavy atom. The third-order valence-electron chi connectivity index (χ3n) is 3.99. The molecular formula is C18H18N2O3. The summed E-state index contributed by atoms with van der Waals surface area (Å²) in [7, 11) is 0. The molecule has 1 aliphatic heterocycles. The van der Waals surface area contributed by atoms with E-state index in [9.17, 15) is 9.59 Å². The molecule has 0 N–H and O–H groups in total. The first-order valence-electron chi connectivity index (χ1n) is 7.60. The van der Waals surface area contributed by atoms with Crippen LogP contribution in [0.25, 0.3) is 0 Å². The summed E-state index contributed by atoms with van der Waals surface area (Å²) in [5, 5.41) is 0. The summed E-state index contributed by atoms with van der Waals surface area (Å²) in [6.45, 7) is 3.60. The van der Waals surface area contributed by atoms with Gasteiger partial charge in [-0.2, -0.15) is 0 Å². The zero-order chi connectivity index (χ0) is 16.4. The second-order valence-corrected chi connectivity index (χ2v) is 5.67. The van der Waals surface area contributed by atoms with Crippen LogP contribution in [0.1, 0.15) is 29.8 Å². The highest BCUT2D eigenvalue weighted by molar-refractivity contribution is 6.00. The van der Waals surface area contributed by atoms with E-state index in [-0.39, 0.29) is 11.9 Å². The van der Waals surface area contributed by atoms with E-state index in [0.717, 1.165) is 17.7 Å². The molecule has 3 rings (SSSR count). The number of para-hydroxylation sites is 1. The zero-order valence-corrected chi connectivity index (χ0v) is 13.1. The molecule has 1 amide bonds. The Kier molecular flexibility index (Phi) is 4.10. The fourth-order valence-electron chi connectivity index (χ4n) is 2.86. The van der Waals surface area contributed by atoms with Gasteiger partial charge in [0.15, 0.2) is 6.10 Å². The van der Waals surface area contributed by atoms with Crippen molar-refractivity contribution in [3.05, 3.63) is 59.9 Å². The van der Waals surface area contributed by atoms with E-state index in [1.54, 1.807) is 24.0 Å². The highest BCUT2D eigenvalue weighted by Crippen LogP contribution is 2.32. The van der Waals surface area contributed by atoms with Gasteiger partial charge in [-0.1, -0.05) is 18.2 Å². The van der Waals surface area contributed by atoms with Gasteiger partial charge in [0.05, 0.1) is 5.56 Å². The lowest BCUT2D eigenvalue weighted by Gasteiger charge is -2.25. The minimum Gasteiger partial charge on any atom is -0.449 e. The standard InChI is InChI=1S/C18H18N2O3/c1-12-11-15-5-3-4-6-16(15)20(12)17(21)13(2)23-18(22)14-7-9-19-10-8-14/h3-10,12-13H,11H2,1-2H3/t12-,13+/m1/s1. The third-order valence-corrected chi connectivity index (χ3v) is 3.99. The van der Waals surface area contributed by atoms with Gasteiger partial charge in [-0.25, -0.2) is 4.79 Å². The van der Waals surface area contributed by atoms with Crippen molar-refractivity contribution in [3.63, 3.8) is 0 Å². The van der Waals surface area contributed by atoms with Crippen LogP contribution in [0.4, 0.5) is 5.69 Å². The quantitative estimate of drug-likeness (QED) is 0.818. The van der Waals surface area contributed by atoms with Gasteiger partial charge in [0, 0.05) is 24.1 Å². The molecule has 0 fully saturated rings. The van der Waals surface area contributed by atoms with Crippen LogP contribution in [-0.4, -0.2) is 29.0 Å².